The minimum Gasteiger partial charge on any atom is -0.381 e. The molecule has 0 aromatic heterocycles. The zero-order valence-corrected chi connectivity index (χ0v) is 12.6. The van der Waals surface area contributed by atoms with E-state index in [4.69, 9.17) is 0 Å². The second-order valence-electron chi connectivity index (χ2n) is 4.61. The summed E-state index contributed by atoms with van der Waals surface area (Å²) >= 11 is 3.31. The van der Waals surface area contributed by atoms with Crippen LogP contribution < -0.4 is 5.32 Å². The van der Waals surface area contributed by atoms with Gasteiger partial charge in [0.1, 0.15) is 5.82 Å². The van der Waals surface area contributed by atoms with Gasteiger partial charge in [0.05, 0.1) is 5.56 Å². The second-order valence-corrected chi connectivity index (χ2v) is 5.53. The standard InChI is InChI=1S/C15H12BrF4N/c1-9-2-4-11(16)6-14(9)21-8-10-3-5-12(17)7-13(10)15(18,19)20/h2-7,21H,8H2,1H3. The van der Waals surface area contributed by atoms with Crippen LogP contribution in [-0.2, 0) is 12.7 Å². The molecule has 0 bridgehead atoms. The van der Waals surface area contributed by atoms with E-state index in [-0.39, 0.29) is 12.1 Å². The molecule has 2 aromatic rings. The first-order chi connectivity index (χ1) is 9.77. The van der Waals surface area contributed by atoms with Crippen LogP contribution in [-0.4, -0.2) is 0 Å². The zero-order chi connectivity index (χ0) is 15.6. The first-order valence-corrected chi connectivity index (χ1v) is 6.92. The van der Waals surface area contributed by atoms with E-state index in [2.05, 4.69) is 21.2 Å². The van der Waals surface area contributed by atoms with Gasteiger partial charge in [-0.05, 0) is 42.3 Å². The van der Waals surface area contributed by atoms with Gasteiger partial charge in [0.15, 0.2) is 0 Å². The van der Waals surface area contributed by atoms with Crippen LogP contribution in [0.1, 0.15) is 16.7 Å². The minimum absolute atomic E-state index is 0.00303. The molecule has 1 N–H and O–H groups in total. The molecule has 0 aliphatic carbocycles. The highest BCUT2D eigenvalue weighted by atomic mass is 79.9. The zero-order valence-electron chi connectivity index (χ0n) is 11.1. The Hall–Kier alpha value is -1.56. The van der Waals surface area contributed by atoms with Gasteiger partial charge in [-0.3, -0.25) is 0 Å². The van der Waals surface area contributed by atoms with Crippen molar-refractivity contribution in [3.8, 4) is 0 Å². The number of alkyl halides is 3. The van der Waals surface area contributed by atoms with Crippen LogP contribution >= 0.6 is 15.9 Å². The van der Waals surface area contributed by atoms with Crippen LogP contribution in [0.25, 0.3) is 0 Å². The Labute approximate surface area is 128 Å². The van der Waals surface area contributed by atoms with E-state index in [1.807, 2.05) is 19.1 Å². The van der Waals surface area contributed by atoms with Crippen molar-refractivity contribution in [3.63, 3.8) is 0 Å². The maximum Gasteiger partial charge on any atom is 0.416 e. The molecule has 0 heterocycles. The summed E-state index contributed by atoms with van der Waals surface area (Å²) in [6.07, 6.45) is -4.58. The number of benzene rings is 2. The van der Waals surface area contributed by atoms with Gasteiger partial charge in [-0.15, -0.1) is 0 Å². The molecule has 0 saturated carbocycles. The van der Waals surface area contributed by atoms with E-state index in [0.29, 0.717) is 6.07 Å². The minimum atomic E-state index is -4.58. The Kier molecular flexibility index (Phi) is 4.56. The number of halogens is 5. The van der Waals surface area contributed by atoms with Gasteiger partial charge in [-0.2, -0.15) is 13.2 Å². The maximum absolute atomic E-state index is 13.0. The molecule has 0 aliphatic rings. The van der Waals surface area contributed by atoms with Gasteiger partial charge in [-0.1, -0.05) is 28.1 Å². The predicted octanol–water partition coefficient (Wildman–Crippen LogP) is 5.53. The SMILES string of the molecule is Cc1ccc(Br)cc1NCc1ccc(F)cc1C(F)(F)F. The van der Waals surface area contributed by atoms with E-state index < -0.39 is 17.6 Å². The molecule has 0 amide bonds. The molecule has 0 atom stereocenters. The van der Waals surface area contributed by atoms with Crippen LogP contribution in [0, 0.1) is 12.7 Å². The average molecular weight is 362 g/mol. The number of rotatable bonds is 3. The fourth-order valence-electron chi connectivity index (χ4n) is 1.94. The molecule has 21 heavy (non-hydrogen) atoms. The third-order valence-electron chi connectivity index (χ3n) is 3.05. The molecule has 6 heteroatoms. The molecule has 0 radical (unpaired) electrons. The molecule has 0 spiro atoms. The van der Waals surface area contributed by atoms with E-state index in [0.717, 1.165) is 27.9 Å². The monoisotopic (exact) mass is 361 g/mol. The molecule has 0 unspecified atom stereocenters. The smallest absolute Gasteiger partial charge is 0.381 e. The first kappa shape index (κ1) is 15.8. The van der Waals surface area contributed by atoms with Crippen LogP contribution in [0.2, 0.25) is 0 Å². The van der Waals surface area contributed by atoms with Crippen molar-refractivity contribution in [2.75, 3.05) is 5.32 Å². The third kappa shape index (κ3) is 3.97. The largest absolute Gasteiger partial charge is 0.416 e. The lowest BCUT2D eigenvalue weighted by atomic mass is 10.1. The van der Waals surface area contributed by atoms with Gasteiger partial charge in [-0.25, -0.2) is 4.39 Å². The van der Waals surface area contributed by atoms with Crippen LogP contribution in [0.5, 0.6) is 0 Å². The molecule has 0 aliphatic heterocycles. The van der Waals surface area contributed by atoms with Gasteiger partial charge in [0.25, 0.3) is 0 Å². The molecule has 2 rings (SSSR count). The lowest BCUT2D eigenvalue weighted by Gasteiger charge is -2.15. The number of anilines is 1. The Morgan fingerprint density at radius 2 is 1.81 bits per heavy atom. The molecule has 1 nitrogen and oxygen atoms in total. The summed E-state index contributed by atoms with van der Waals surface area (Å²) in [5.41, 5.74) is 0.682. The second kappa shape index (κ2) is 6.05. The van der Waals surface area contributed by atoms with E-state index >= 15 is 0 Å². The van der Waals surface area contributed by atoms with Gasteiger partial charge < -0.3 is 5.32 Å². The summed E-state index contributed by atoms with van der Waals surface area (Å²) in [5.74, 6) is -0.898. The lowest BCUT2D eigenvalue weighted by Crippen LogP contribution is -2.12. The fraction of sp³-hybridized carbons (Fsp3) is 0.200. The first-order valence-electron chi connectivity index (χ1n) is 6.13. The van der Waals surface area contributed by atoms with Crippen LogP contribution in [0.15, 0.2) is 40.9 Å². The summed E-state index contributed by atoms with van der Waals surface area (Å²) in [6.45, 7) is 1.82. The molecule has 2 aromatic carbocycles. The van der Waals surface area contributed by atoms with Crippen molar-refractivity contribution in [1.82, 2.24) is 0 Å². The summed E-state index contributed by atoms with van der Waals surface area (Å²) in [5, 5.41) is 2.95. The lowest BCUT2D eigenvalue weighted by molar-refractivity contribution is -0.138. The molecular formula is C15H12BrF4N. The van der Waals surface area contributed by atoms with Gasteiger partial charge >= 0.3 is 6.18 Å². The van der Waals surface area contributed by atoms with Crippen LogP contribution in [0.3, 0.4) is 0 Å². The third-order valence-corrected chi connectivity index (χ3v) is 3.54. The van der Waals surface area contributed by atoms with Crippen molar-refractivity contribution in [2.45, 2.75) is 19.6 Å². The number of hydrogen-bond donors (Lipinski definition) is 1. The fourth-order valence-corrected chi connectivity index (χ4v) is 2.30. The molecular weight excluding hydrogens is 350 g/mol. The summed E-state index contributed by atoms with van der Waals surface area (Å²) in [4.78, 5) is 0. The Morgan fingerprint density at radius 3 is 2.48 bits per heavy atom. The van der Waals surface area contributed by atoms with Crippen molar-refractivity contribution < 1.29 is 17.6 Å². The molecule has 0 fully saturated rings. The van der Waals surface area contributed by atoms with Crippen molar-refractivity contribution in [1.29, 1.82) is 0 Å². The Morgan fingerprint density at radius 1 is 1.10 bits per heavy atom. The van der Waals surface area contributed by atoms with Gasteiger partial charge in [0.2, 0.25) is 0 Å². The Bertz CT molecular complexity index is 653. The molecule has 0 saturated heterocycles. The Balaban J connectivity index is 2.26. The number of hydrogen-bond acceptors (Lipinski definition) is 1. The van der Waals surface area contributed by atoms with Crippen LogP contribution in [0.4, 0.5) is 23.2 Å². The van der Waals surface area contributed by atoms with E-state index in [9.17, 15) is 17.6 Å². The van der Waals surface area contributed by atoms with E-state index in [1.54, 1.807) is 6.07 Å². The summed E-state index contributed by atoms with van der Waals surface area (Å²) < 4.78 is 52.5. The highest BCUT2D eigenvalue weighted by Crippen LogP contribution is 2.33. The summed E-state index contributed by atoms with van der Waals surface area (Å²) in [7, 11) is 0. The highest BCUT2D eigenvalue weighted by Gasteiger charge is 2.33. The van der Waals surface area contributed by atoms with Crippen molar-refractivity contribution in [2.24, 2.45) is 0 Å². The number of aryl methyl sites for hydroxylation is 1. The summed E-state index contributed by atoms with van der Waals surface area (Å²) in [6, 6.07) is 8.18. The topological polar surface area (TPSA) is 12.0 Å². The van der Waals surface area contributed by atoms with Gasteiger partial charge in [0, 0.05) is 16.7 Å². The maximum atomic E-state index is 13.0. The normalized spacial score (nSPS) is 11.5. The van der Waals surface area contributed by atoms with Crippen molar-refractivity contribution >= 4 is 21.6 Å². The molecule has 112 valence electrons. The predicted molar refractivity (Wildman–Crippen MR) is 77.6 cm³/mol. The highest BCUT2D eigenvalue weighted by molar-refractivity contribution is 9.10. The average Bonchev–Trinajstić information content (AvgIpc) is 2.40. The number of nitrogens with one attached hydrogen (secondary N) is 1. The quantitative estimate of drug-likeness (QED) is 0.709. The van der Waals surface area contributed by atoms with E-state index in [1.165, 1.54) is 0 Å². The van der Waals surface area contributed by atoms with Crippen molar-refractivity contribution in [3.05, 3.63) is 63.4 Å².